The minimum Gasteiger partial charge on any atom is -0.489 e. The number of benzene rings is 1. The van der Waals surface area contributed by atoms with Crippen molar-refractivity contribution >= 4 is 17.6 Å². The van der Waals surface area contributed by atoms with Crippen LogP contribution in [0.1, 0.15) is 18.9 Å². The van der Waals surface area contributed by atoms with Gasteiger partial charge in [-0.25, -0.2) is 0 Å². The fourth-order valence-electron chi connectivity index (χ4n) is 1.74. The molecule has 5 nitrogen and oxygen atoms in total. The Morgan fingerprint density at radius 3 is 2.95 bits per heavy atom. The zero-order valence-electron chi connectivity index (χ0n) is 10.6. The number of fused-ring (bicyclic) bond motifs is 1. The number of aliphatic carboxylic acids is 1. The number of hydrogen-bond acceptors (Lipinski definition) is 4. The maximum absolute atomic E-state index is 10.7. The van der Waals surface area contributed by atoms with Gasteiger partial charge in [0.2, 0.25) is 0 Å². The van der Waals surface area contributed by atoms with Gasteiger partial charge in [-0.15, -0.1) is 0 Å². The van der Waals surface area contributed by atoms with E-state index < -0.39 is 12.0 Å². The Bertz CT molecular complexity index is 478. The van der Waals surface area contributed by atoms with E-state index in [1.54, 1.807) is 13.0 Å². The predicted molar refractivity (Wildman–Crippen MR) is 71.0 cm³/mol. The molecular formula is C13H16ClNO4. The molecule has 2 N–H and O–H groups in total. The molecule has 1 aromatic rings. The minimum absolute atomic E-state index is 0.407. The third kappa shape index (κ3) is 3.52. The highest BCUT2D eigenvalue weighted by Gasteiger charge is 2.16. The lowest BCUT2D eigenvalue weighted by atomic mass is 10.2. The molecule has 0 radical (unpaired) electrons. The molecule has 1 aliphatic heterocycles. The number of hydrogen-bond donors (Lipinski definition) is 2. The molecule has 1 aromatic carbocycles. The summed E-state index contributed by atoms with van der Waals surface area (Å²) < 4.78 is 11.1. The Labute approximate surface area is 116 Å². The highest BCUT2D eigenvalue weighted by molar-refractivity contribution is 6.32. The Hall–Kier alpha value is -1.46. The van der Waals surface area contributed by atoms with Crippen molar-refractivity contribution in [3.63, 3.8) is 0 Å². The number of carboxylic acid groups (broad SMARTS) is 1. The molecule has 19 heavy (non-hydrogen) atoms. The summed E-state index contributed by atoms with van der Waals surface area (Å²) in [6, 6.07) is 2.97. The molecule has 0 saturated carbocycles. The van der Waals surface area contributed by atoms with Gasteiger partial charge in [0, 0.05) is 13.0 Å². The molecule has 1 atom stereocenters. The van der Waals surface area contributed by atoms with Gasteiger partial charge in [0.25, 0.3) is 0 Å². The van der Waals surface area contributed by atoms with E-state index in [1.165, 1.54) is 0 Å². The molecule has 104 valence electrons. The number of halogens is 1. The predicted octanol–water partition coefficient (Wildman–Crippen LogP) is 2.06. The van der Waals surface area contributed by atoms with Crippen molar-refractivity contribution in [1.29, 1.82) is 0 Å². The van der Waals surface area contributed by atoms with Crippen LogP contribution in [0.4, 0.5) is 0 Å². The smallest absolute Gasteiger partial charge is 0.320 e. The number of ether oxygens (including phenoxy) is 2. The second-order valence-corrected chi connectivity index (χ2v) is 4.80. The summed E-state index contributed by atoms with van der Waals surface area (Å²) in [4.78, 5) is 10.7. The Morgan fingerprint density at radius 2 is 2.21 bits per heavy atom. The summed E-state index contributed by atoms with van der Waals surface area (Å²) in [6.45, 7) is 3.17. The van der Waals surface area contributed by atoms with Crippen LogP contribution >= 0.6 is 11.6 Å². The van der Waals surface area contributed by atoms with Crippen LogP contribution in [0.5, 0.6) is 11.5 Å². The lowest BCUT2D eigenvalue weighted by Crippen LogP contribution is -2.33. The largest absolute Gasteiger partial charge is 0.489 e. The number of carbonyl (C=O) groups is 1. The fourth-order valence-corrected chi connectivity index (χ4v) is 2.03. The molecule has 0 spiro atoms. The second kappa shape index (κ2) is 6.12. The maximum Gasteiger partial charge on any atom is 0.320 e. The van der Waals surface area contributed by atoms with Gasteiger partial charge in [0.1, 0.15) is 6.04 Å². The van der Waals surface area contributed by atoms with Crippen LogP contribution in [0.15, 0.2) is 12.1 Å². The van der Waals surface area contributed by atoms with Crippen molar-refractivity contribution in [2.24, 2.45) is 0 Å². The van der Waals surface area contributed by atoms with Crippen LogP contribution in [0, 0.1) is 0 Å². The summed E-state index contributed by atoms with van der Waals surface area (Å²) in [6.07, 6.45) is 0.814. The highest BCUT2D eigenvalue weighted by atomic mass is 35.5. The Morgan fingerprint density at radius 1 is 1.47 bits per heavy atom. The second-order valence-electron chi connectivity index (χ2n) is 4.40. The minimum atomic E-state index is -0.888. The van der Waals surface area contributed by atoms with Gasteiger partial charge in [-0.3, -0.25) is 4.79 Å². The first kappa shape index (κ1) is 14.0. The van der Waals surface area contributed by atoms with Gasteiger partial charge in [-0.2, -0.15) is 0 Å². The van der Waals surface area contributed by atoms with E-state index in [9.17, 15) is 4.79 Å². The Balaban J connectivity index is 2.12. The van der Waals surface area contributed by atoms with Gasteiger partial charge in [0.05, 0.1) is 18.2 Å². The van der Waals surface area contributed by atoms with E-state index in [0.29, 0.717) is 36.3 Å². The topological polar surface area (TPSA) is 67.8 Å². The molecule has 0 bridgehead atoms. The third-order valence-electron chi connectivity index (χ3n) is 2.84. The first-order chi connectivity index (χ1) is 9.08. The van der Waals surface area contributed by atoms with Crippen molar-refractivity contribution < 1.29 is 19.4 Å². The summed E-state index contributed by atoms with van der Waals surface area (Å²) in [5.74, 6) is 0.291. The molecule has 6 heteroatoms. The zero-order chi connectivity index (χ0) is 13.8. The Kier molecular flexibility index (Phi) is 4.50. The van der Waals surface area contributed by atoms with Gasteiger partial charge < -0.3 is 19.9 Å². The number of rotatable bonds is 4. The van der Waals surface area contributed by atoms with Crippen LogP contribution in [0.2, 0.25) is 5.02 Å². The van der Waals surface area contributed by atoms with E-state index >= 15 is 0 Å². The summed E-state index contributed by atoms with van der Waals surface area (Å²) in [7, 11) is 0. The van der Waals surface area contributed by atoms with Crippen molar-refractivity contribution in [3.05, 3.63) is 22.7 Å². The summed E-state index contributed by atoms with van der Waals surface area (Å²) >= 11 is 6.15. The van der Waals surface area contributed by atoms with Crippen molar-refractivity contribution in [3.8, 4) is 11.5 Å². The third-order valence-corrected chi connectivity index (χ3v) is 3.13. The van der Waals surface area contributed by atoms with E-state index in [2.05, 4.69) is 5.32 Å². The molecule has 2 rings (SSSR count). The number of carboxylic acids is 1. The van der Waals surface area contributed by atoms with E-state index in [4.69, 9.17) is 26.2 Å². The SMILES string of the molecule is C[C@H](NCc1cc(Cl)c2c(c1)OCCCO2)C(=O)O. The molecule has 0 aliphatic carbocycles. The fraction of sp³-hybridized carbons (Fsp3) is 0.462. The van der Waals surface area contributed by atoms with Crippen LogP contribution < -0.4 is 14.8 Å². The summed E-state index contributed by atoms with van der Waals surface area (Å²) in [5.41, 5.74) is 0.863. The monoisotopic (exact) mass is 285 g/mol. The van der Waals surface area contributed by atoms with Crippen molar-refractivity contribution in [2.75, 3.05) is 13.2 Å². The van der Waals surface area contributed by atoms with E-state index in [1.807, 2.05) is 6.07 Å². The lowest BCUT2D eigenvalue weighted by Gasteiger charge is -2.13. The molecular weight excluding hydrogens is 270 g/mol. The van der Waals surface area contributed by atoms with Gasteiger partial charge in [0.15, 0.2) is 11.5 Å². The molecule has 0 aromatic heterocycles. The van der Waals surface area contributed by atoms with Gasteiger partial charge in [-0.05, 0) is 24.6 Å². The van der Waals surface area contributed by atoms with Crippen LogP contribution in [0.3, 0.4) is 0 Å². The normalized spacial score (nSPS) is 15.7. The standard InChI is InChI=1S/C13H16ClNO4/c1-8(13(16)17)15-7-9-5-10(14)12-11(6-9)18-3-2-4-19-12/h5-6,8,15H,2-4,7H2,1H3,(H,16,17)/t8-/m0/s1. The van der Waals surface area contributed by atoms with Crippen LogP contribution in [0.25, 0.3) is 0 Å². The average molecular weight is 286 g/mol. The maximum atomic E-state index is 10.7. The zero-order valence-corrected chi connectivity index (χ0v) is 11.4. The van der Waals surface area contributed by atoms with Gasteiger partial charge in [-0.1, -0.05) is 11.6 Å². The lowest BCUT2D eigenvalue weighted by molar-refractivity contribution is -0.139. The van der Waals surface area contributed by atoms with Gasteiger partial charge >= 0.3 is 5.97 Å². The first-order valence-corrected chi connectivity index (χ1v) is 6.50. The number of nitrogens with one attached hydrogen (secondary N) is 1. The molecule has 0 fully saturated rings. The molecule has 0 saturated heterocycles. The molecule has 0 unspecified atom stereocenters. The van der Waals surface area contributed by atoms with Crippen molar-refractivity contribution in [2.45, 2.75) is 25.9 Å². The van der Waals surface area contributed by atoms with Crippen LogP contribution in [-0.4, -0.2) is 30.3 Å². The van der Waals surface area contributed by atoms with Crippen LogP contribution in [-0.2, 0) is 11.3 Å². The molecule has 0 amide bonds. The first-order valence-electron chi connectivity index (χ1n) is 6.12. The molecule has 1 aliphatic rings. The quantitative estimate of drug-likeness (QED) is 0.886. The average Bonchev–Trinajstić information content (AvgIpc) is 2.61. The highest BCUT2D eigenvalue weighted by Crippen LogP contribution is 2.37. The summed E-state index contributed by atoms with van der Waals surface area (Å²) in [5, 5.41) is 12.2. The van der Waals surface area contributed by atoms with Crippen molar-refractivity contribution in [1.82, 2.24) is 5.32 Å². The van der Waals surface area contributed by atoms with E-state index in [0.717, 1.165) is 12.0 Å². The van der Waals surface area contributed by atoms with E-state index in [-0.39, 0.29) is 0 Å². The molecule has 1 heterocycles.